The summed E-state index contributed by atoms with van der Waals surface area (Å²) in [4.78, 5) is 22.8. The van der Waals surface area contributed by atoms with Crippen LogP contribution in [0, 0.1) is 20.8 Å². The van der Waals surface area contributed by atoms with Gasteiger partial charge in [0.15, 0.2) is 0 Å². The number of alkyl halides is 6. The van der Waals surface area contributed by atoms with E-state index in [1.807, 2.05) is 0 Å². The van der Waals surface area contributed by atoms with E-state index in [4.69, 9.17) is 4.74 Å². The first-order valence-electron chi connectivity index (χ1n) is 10.8. The number of ether oxygens (including phenoxy) is 2. The average Bonchev–Trinajstić information content (AvgIpc) is 2.79. The third-order valence-corrected chi connectivity index (χ3v) is 5.74. The summed E-state index contributed by atoms with van der Waals surface area (Å²) in [7, 11) is 1.44. The number of carbonyl (C=O) groups excluding carboxylic acids is 1. The molecule has 1 unspecified atom stereocenters. The molecule has 1 aliphatic heterocycles. The fourth-order valence-corrected chi connectivity index (χ4v) is 4.11. The van der Waals surface area contributed by atoms with E-state index in [1.54, 1.807) is 19.9 Å². The monoisotopic (exact) mass is 526 g/mol. The van der Waals surface area contributed by atoms with Crippen LogP contribution in [0.1, 0.15) is 44.5 Å². The summed E-state index contributed by atoms with van der Waals surface area (Å²) in [5.74, 6) is -1.06. The predicted molar refractivity (Wildman–Crippen MR) is 120 cm³/mol. The van der Waals surface area contributed by atoms with Gasteiger partial charge in [-0.15, -0.1) is 13.2 Å². The zero-order chi connectivity index (χ0) is 27.3. The van der Waals surface area contributed by atoms with Gasteiger partial charge in [0.2, 0.25) is 5.88 Å². The van der Waals surface area contributed by atoms with E-state index in [2.05, 4.69) is 20.0 Å². The molecular formula is C24H20F6N4O3. The number of rotatable bonds is 4. The summed E-state index contributed by atoms with van der Waals surface area (Å²) < 4.78 is 87.5. The van der Waals surface area contributed by atoms with E-state index in [0.717, 1.165) is 12.1 Å². The van der Waals surface area contributed by atoms with Crippen molar-refractivity contribution in [1.82, 2.24) is 15.3 Å². The molecule has 4 rings (SSSR count). The summed E-state index contributed by atoms with van der Waals surface area (Å²) in [6.07, 6.45) is -10.1. The largest absolute Gasteiger partial charge is 0.573 e. The highest BCUT2D eigenvalue weighted by Gasteiger charge is 2.39. The van der Waals surface area contributed by atoms with Crippen LogP contribution in [-0.2, 0) is 6.18 Å². The van der Waals surface area contributed by atoms with Crippen LogP contribution >= 0.6 is 0 Å². The summed E-state index contributed by atoms with van der Waals surface area (Å²) in [6, 6.07) is 5.89. The number of hydrogen-bond acceptors (Lipinski definition) is 6. The number of methoxy groups -OCH3 is 1. The highest BCUT2D eigenvalue weighted by molar-refractivity contribution is 6.02. The van der Waals surface area contributed by atoms with E-state index in [0.29, 0.717) is 35.0 Å². The molecule has 0 radical (unpaired) electrons. The Morgan fingerprint density at radius 2 is 1.70 bits per heavy atom. The number of hydrogen-bond donors (Lipinski definition) is 1. The Bertz CT molecular complexity index is 1370. The molecule has 1 aromatic carbocycles. The van der Waals surface area contributed by atoms with Crippen LogP contribution in [0.15, 0.2) is 36.5 Å². The zero-order valence-corrected chi connectivity index (χ0v) is 19.9. The molecule has 3 heterocycles. The molecule has 0 bridgehead atoms. The second kappa shape index (κ2) is 9.12. The lowest BCUT2D eigenvalue weighted by molar-refractivity contribution is -0.274. The van der Waals surface area contributed by atoms with Gasteiger partial charge in [0.1, 0.15) is 17.7 Å². The lowest BCUT2D eigenvalue weighted by Gasteiger charge is -2.39. The summed E-state index contributed by atoms with van der Waals surface area (Å²) in [6.45, 7) is 4.88. The van der Waals surface area contributed by atoms with Gasteiger partial charge in [-0.25, -0.2) is 9.97 Å². The normalized spacial score (nSPS) is 15.8. The van der Waals surface area contributed by atoms with Gasteiger partial charge in [0, 0.05) is 28.7 Å². The number of carbonyl (C=O) groups is 1. The molecule has 1 aliphatic rings. The van der Waals surface area contributed by atoms with E-state index in [1.165, 1.54) is 25.0 Å². The standard InChI is InChI=1S/C24H20F6N4O3/c1-11-7-15(37-24(28,29)30)5-6-18(11)34-19-17(9-14(10-31-19)23(25,26)27)21(35)33-20(34)16-8-12(2)22(36-4)32-13(16)3/h5-10,20H,1-4H3,(H,33,35). The van der Waals surface area contributed by atoms with Crippen molar-refractivity contribution in [2.45, 2.75) is 39.5 Å². The topological polar surface area (TPSA) is 76.6 Å². The van der Waals surface area contributed by atoms with Crippen molar-refractivity contribution < 1.29 is 40.6 Å². The highest BCUT2D eigenvalue weighted by atomic mass is 19.4. The van der Waals surface area contributed by atoms with Crippen molar-refractivity contribution in [1.29, 1.82) is 0 Å². The van der Waals surface area contributed by atoms with Crippen molar-refractivity contribution in [3.63, 3.8) is 0 Å². The van der Waals surface area contributed by atoms with Crippen LogP contribution in [0.5, 0.6) is 11.6 Å². The molecule has 0 saturated heterocycles. The molecule has 37 heavy (non-hydrogen) atoms. The third kappa shape index (κ3) is 5.11. The molecule has 1 atom stereocenters. The van der Waals surface area contributed by atoms with E-state index < -0.39 is 35.9 Å². The minimum absolute atomic E-state index is 0.109. The fourth-order valence-electron chi connectivity index (χ4n) is 4.11. The zero-order valence-electron chi connectivity index (χ0n) is 19.9. The lowest BCUT2D eigenvalue weighted by atomic mass is 10.0. The first-order chi connectivity index (χ1) is 17.2. The maximum absolute atomic E-state index is 13.3. The van der Waals surface area contributed by atoms with Crippen LogP contribution in [0.4, 0.5) is 37.8 Å². The van der Waals surface area contributed by atoms with Crippen molar-refractivity contribution in [3.8, 4) is 11.6 Å². The van der Waals surface area contributed by atoms with E-state index in [9.17, 15) is 31.1 Å². The van der Waals surface area contributed by atoms with Gasteiger partial charge in [-0.2, -0.15) is 13.2 Å². The van der Waals surface area contributed by atoms with Gasteiger partial charge in [-0.05, 0) is 56.7 Å². The van der Waals surface area contributed by atoms with Gasteiger partial charge < -0.3 is 19.7 Å². The fraction of sp³-hybridized carbons (Fsp3) is 0.292. The minimum Gasteiger partial charge on any atom is -0.481 e. The third-order valence-electron chi connectivity index (χ3n) is 5.74. The number of amides is 1. The van der Waals surface area contributed by atoms with Crippen molar-refractivity contribution in [2.24, 2.45) is 0 Å². The molecule has 0 fully saturated rings. The van der Waals surface area contributed by atoms with Crippen LogP contribution in [-0.4, -0.2) is 29.3 Å². The maximum atomic E-state index is 13.3. The van der Waals surface area contributed by atoms with Crippen LogP contribution in [0.3, 0.4) is 0 Å². The smallest absolute Gasteiger partial charge is 0.481 e. The SMILES string of the molecule is COc1nc(C)c(C2NC(=O)c3cc(C(F)(F)F)cnc3N2c2ccc(OC(F)(F)F)cc2C)cc1C. The van der Waals surface area contributed by atoms with Gasteiger partial charge >= 0.3 is 12.5 Å². The molecule has 3 aromatic rings. The number of aryl methyl sites for hydroxylation is 3. The molecular weight excluding hydrogens is 506 g/mol. The van der Waals surface area contributed by atoms with Crippen LogP contribution in [0.25, 0.3) is 0 Å². The number of halogens is 6. The van der Waals surface area contributed by atoms with Gasteiger partial charge in [-0.3, -0.25) is 4.79 Å². The molecule has 13 heteroatoms. The molecule has 1 amide bonds. The molecule has 0 saturated carbocycles. The molecule has 196 valence electrons. The molecule has 2 aromatic heterocycles. The Kier molecular flexibility index (Phi) is 6.42. The first-order valence-corrected chi connectivity index (χ1v) is 10.8. The quantitative estimate of drug-likeness (QED) is 0.426. The Morgan fingerprint density at radius 3 is 2.30 bits per heavy atom. The van der Waals surface area contributed by atoms with E-state index in [-0.39, 0.29) is 22.6 Å². The Balaban J connectivity index is 1.92. The summed E-state index contributed by atoms with van der Waals surface area (Å²) in [5, 5.41) is 2.69. The Morgan fingerprint density at radius 1 is 1.00 bits per heavy atom. The Labute approximate surface area is 207 Å². The summed E-state index contributed by atoms with van der Waals surface area (Å²) in [5.41, 5.74) is 0.638. The second-order valence-electron chi connectivity index (χ2n) is 8.32. The van der Waals surface area contributed by atoms with E-state index >= 15 is 0 Å². The maximum Gasteiger partial charge on any atom is 0.573 e. The van der Waals surface area contributed by atoms with Crippen LogP contribution in [0.2, 0.25) is 0 Å². The van der Waals surface area contributed by atoms with Gasteiger partial charge in [-0.1, -0.05) is 0 Å². The second-order valence-corrected chi connectivity index (χ2v) is 8.32. The molecule has 0 aliphatic carbocycles. The van der Waals surface area contributed by atoms with Gasteiger partial charge in [0.05, 0.1) is 18.2 Å². The minimum atomic E-state index is -4.92. The molecule has 0 spiro atoms. The van der Waals surface area contributed by atoms with Gasteiger partial charge in [0.25, 0.3) is 5.91 Å². The first kappa shape index (κ1) is 26.0. The number of fused-ring (bicyclic) bond motifs is 1. The highest BCUT2D eigenvalue weighted by Crippen LogP contribution is 2.43. The number of nitrogens with one attached hydrogen (secondary N) is 1. The molecule has 7 nitrogen and oxygen atoms in total. The predicted octanol–water partition coefficient (Wildman–Crippen LogP) is 5.91. The van der Waals surface area contributed by atoms with Crippen molar-refractivity contribution in [2.75, 3.05) is 12.0 Å². The Hall–Kier alpha value is -4.03. The number of aromatic nitrogens is 2. The lowest BCUT2D eigenvalue weighted by Crippen LogP contribution is -2.45. The van der Waals surface area contributed by atoms with Crippen molar-refractivity contribution in [3.05, 3.63) is 70.0 Å². The number of nitrogens with zero attached hydrogens (tertiary/aromatic N) is 3. The summed E-state index contributed by atoms with van der Waals surface area (Å²) >= 11 is 0. The number of anilines is 2. The number of pyridine rings is 2. The van der Waals surface area contributed by atoms with Crippen molar-refractivity contribution >= 4 is 17.4 Å². The average molecular weight is 526 g/mol. The van der Waals surface area contributed by atoms with Crippen LogP contribution < -0.4 is 19.7 Å². The number of benzene rings is 1. The molecule has 1 N–H and O–H groups in total.